The van der Waals surface area contributed by atoms with Crippen LogP contribution in [0.25, 0.3) is 0 Å². The smallest absolute Gasteiger partial charge is 0.434 e. The maximum absolute atomic E-state index is 11.4. The molecule has 1 aromatic carbocycles. The van der Waals surface area contributed by atoms with E-state index in [9.17, 15) is 9.59 Å². The molecule has 0 radical (unpaired) electrons. The zero-order valence-electron chi connectivity index (χ0n) is 8.64. The molecule has 0 amide bonds. The summed E-state index contributed by atoms with van der Waals surface area (Å²) in [7, 11) is 0. The topological polar surface area (TPSA) is 61.8 Å². The fourth-order valence-corrected chi connectivity index (χ4v) is 1.44. The van der Waals surface area contributed by atoms with Gasteiger partial charge in [-0.1, -0.05) is 18.2 Å². The van der Waals surface area contributed by atoms with Gasteiger partial charge in [0.2, 0.25) is 0 Å². The van der Waals surface area contributed by atoms with Crippen LogP contribution in [-0.2, 0) is 14.2 Å². The average molecular weight is 222 g/mol. The van der Waals surface area contributed by atoms with Gasteiger partial charge in [-0.25, -0.2) is 9.59 Å². The molecule has 0 N–H and O–H groups in total. The van der Waals surface area contributed by atoms with E-state index in [1.54, 1.807) is 31.2 Å². The van der Waals surface area contributed by atoms with Crippen molar-refractivity contribution in [1.29, 1.82) is 0 Å². The minimum Gasteiger partial charge on any atom is -0.434 e. The molecule has 1 atom stereocenters. The van der Waals surface area contributed by atoms with Crippen LogP contribution in [0.4, 0.5) is 4.79 Å². The van der Waals surface area contributed by atoms with E-state index in [0.29, 0.717) is 11.1 Å². The Balaban J connectivity index is 2.15. The van der Waals surface area contributed by atoms with Gasteiger partial charge >= 0.3 is 12.1 Å². The molecule has 0 saturated carbocycles. The molecule has 5 nitrogen and oxygen atoms in total. The highest BCUT2D eigenvalue weighted by Crippen LogP contribution is 2.31. The molecule has 0 bridgehead atoms. The summed E-state index contributed by atoms with van der Waals surface area (Å²) in [6, 6.07) is 6.74. The monoisotopic (exact) mass is 222 g/mol. The molecule has 0 aliphatic carbocycles. The van der Waals surface area contributed by atoms with Crippen molar-refractivity contribution < 1.29 is 23.8 Å². The molecule has 1 aromatic rings. The van der Waals surface area contributed by atoms with Gasteiger partial charge in [0.05, 0.1) is 12.2 Å². The van der Waals surface area contributed by atoms with Crippen LogP contribution >= 0.6 is 0 Å². The first-order valence-electron chi connectivity index (χ1n) is 4.85. The maximum atomic E-state index is 11.4. The first-order chi connectivity index (χ1) is 7.72. The summed E-state index contributed by atoms with van der Waals surface area (Å²) in [5, 5.41) is 0. The largest absolute Gasteiger partial charge is 0.511 e. The van der Waals surface area contributed by atoms with Crippen LogP contribution in [0, 0.1) is 0 Å². The summed E-state index contributed by atoms with van der Waals surface area (Å²) in [5.41, 5.74) is 0.956. The zero-order valence-corrected chi connectivity index (χ0v) is 8.64. The lowest BCUT2D eigenvalue weighted by atomic mass is 10.1. The molecule has 1 heterocycles. The Labute approximate surface area is 91.9 Å². The highest BCUT2D eigenvalue weighted by molar-refractivity contribution is 5.93. The van der Waals surface area contributed by atoms with E-state index in [2.05, 4.69) is 4.74 Å². The van der Waals surface area contributed by atoms with Crippen molar-refractivity contribution >= 4 is 12.1 Å². The summed E-state index contributed by atoms with van der Waals surface area (Å²) < 4.78 is 14.3. The second-order valence-corrected chi connectivity index (χ2v) is 3.13. The SMILES string of the molecule is CCOC(=O)O[C@@H]1OC(=O)c2ccccc21. The molecule has 2 rings (SSSR count). The van der Waals surface area contributed by atoms with Crippen LogP contribution < -0.4 is 0 Å². The number of rotatable bonds is 2. The van der Waals surface area contributed by atoms with Crippen molar-refractivity contribution in [3.05, 3.63) is 35.4 Å². The predicted octanol–water partition coefficient (Wildman–Crippen LogP) is 2.03. The molecule has 1 aliphatic rings. The highest BCUT2D eigenvalue weighted by Gasteiger charge is 2.33. The Morgan fingerprint density at radius 3 is 2.94 bits per heavy atom. The number of fused-ring (bicyclic) bond motifs is 1. The number of cyclic esters (lactones) is 1. The van der Waals surface area contributed by atoms with Gasteiger partial charge in [-0.05, 0) is 13.0 Å². The van der Waals surface area contributed by atoms with E-state index in [1.165, 1.54) is 0 Å². The van der Waals surface area contributed by atoms with Gasteiger partial charge in [-0.15, -0.1) is 0 Å². The normalized spacial score (nSPS) is 17.6. The second-order valence-electron chi connectivity index (χ2n) is 3.13. The second kappa shape index (κ2) is 4.22. The van der Waals surface area contributed by atoms with Crippen LogP contribution in [0.3, 0.4) is 0 Å². The number of esters is 1. The Kier molecular flexibility index (Phi) is 2.76. The van der Waals surface area contributed by atoms with E-state index in [-0.39, 0.29) is 6.61 Å². The Morgan fingerprint density at radius 2 is 2.19 bits per heavy atom. The van der Waals surface area contributed by atoms with Crippen LogP contribution in [-0.4, -0.2) is 18.7 Å². The average Bonchev–Trinajstić information content (AvgIpc) is 2.57. The number of carbonyl (C=O) groups is 2. The van der Waals surface area contributed by atoms with Gasteiger partial charge in [-0.2, -0.15) is 0 Å². The predicted molar refractivity (Wildman–Crippen MR) is 52.7 cm³/mol. The summed E-state index contributed by atoms with van der Waals surface area (Å²) in [6.07, 6.45) is -1.85. The molecule has 16 heavy (non-hydrogen) atoms. The van der Waals surface area contributed by atoms with Gasteiger partial charge in [0, 0.05) is 5.56 Å². The van der Waals surface area contributed by atoms with Crippen LogP contribution in [0.15, 0.2) is 24.3 Å². The third-order valence-electron chi connectivity index (χ3n) is 2.11. The summed E-state index contributed by atoms with van der Waals surface area (Å²) in [6.45, 7) is 1.87. The van der Waals surface area contributed by atoms with Gasteiger partial charge in [0.15, 0.2) is 0 Å². The van der Waals surface area contributed by atoms with Crippen molar-refractivity contribution in [1.82, 2.24) is 0 Å². The van der Waals surface area contributed by atoms with E-state index >= 15 is 0 Å². The number of carbonyl (C=O) groups excluding carboxylic acids is 2. The standard InChI is InChI=1S/C11H10O5/c1-2-14-11(13)16-10-8-6-4-3-5-7(8)9(12)15-10/h3-6,10H,2H2,1H3/t10-/m0/s1. The van der Waals surface area contributed by atoms with E-state index in [0.717, 1.165) is 0 Å². The van der Waals surface area contributed by atoms with Crippen molar-refractivity contribution in [2.45, 2.75) is 13.2 Å². The van der Waals surface area contributed by atoms with Gasteiger partial charge in [-0.3, -0.25) is 0 Å². The molecule has 1 aliphatic heterocycles. The number of ether oxygens (including phenoxy) is 3. The third-order valence-corrected chi connectivity index (χ3v) is 2.11. The number of hydrogen-bond donors (Lipinski definition) is 0. The van der Waals surface area contributed by atoms with Crippen molar-refractivity contribution in [3.63, 3.8) is 0 Å². The van der Waals surface area contributed by atoms with E-state index in [1.807, 2.05) is 0 Å². The summed E-state index contributed by atoms with van der Waals surface area (Å²) in [5.74, 6) is -0.495. The molecule has 84 valence electrons. The van der Waals surface area contributed by atoms with Crippen LogP contribution in [0.5, 0.6) is 0 Å². The zero-order chi connectivity index (χ0) is 11.5. The summed E-state index contributed by atoms with van der Waals surface area (Å²) >= 11 is 0. The van der Waals surface area contributed by atoms with Crippen molar-refractivity contribution in [2.24, 2.45) is 0 Å². The van der Waals surface area contributed by atoms with E-state index in [4.69, 9.17) is 9.47 Å². The molecule has 0 spiro atoms. The molecule has 0 fully saturated rings. The molecular formula is C11H10O5. The molecule has 0 aromatic heterocycles. The molecule has 5 heteroatoms. The number of benzene rings is 1. The van der Waals surface area contributed by atoms with Gasteiger partial charge < -0.3 is 14.2 Å². The Morgan fingerprint density at radius 1 is 1.44 bits per heavy atom. The molecular weight excluding hydrogens is 212 g/mol. The summed E-state index contributed by atoms with van der Waals surface area (Å²) in [4.78, 5) is 22.4. The Hall–Kier alpha value is -2.04. The quantitative estimate of drug-likeness (QED) is 0.716. The molecule has 0 unspecified atom stereocenters. The fourth-order valence-electron chi connectivity index (χ4n) is 1.44. The van der Waals surface area contributed by atoms with Crippen LogP contribution in [0.2, 0.25) is 0 Å². The lowest BCUT2D eigenvalue weighted by molar-refractivity contribution is -0.0850. The van der Waals surface area contributed by atoms with Crippen LogP contribution in [0.1, 0.15) is 29.1 Å². The van der Waals surface area contributed by atoms with Gasteiger partial charge in [0.1, 0.15) is 0 Å². The fraction of sp³-hybridized carbons (Fsp3) is 0.273. The minimum atomic E-state index is -0.997. The first-order valence-corrected chi connectivity index (χ1v) is 4.85. The van der Waals surface area contributed by atoms with Crippen molar-refractivity contribution in [2.75, 3.05) is 6.61 Å². The highest BCUT2D eigenvalue weighted by atomic mass is 16.8. The Bertz CT molecular complexity index is 426. The maximum Gasteiger partial charge on any atom is 0.511 e. The third kappa shape index (κ3) is 1.84. The van der Waals surface area contributed by atoms with E-state index < -0.39 is 18.4 Å². The first kappa shape index (κ1) is 10.5. The number of hydrogen-bond acceptors (Lipinski definition) is 5. The lowest BCUT2D eigenvalue weighted by Crippen LogP contribution is -2.12. The lowest BCUT2D eigenvalue weighted by Gasteiger charge is -2.10. The minimum absolute atomic E-state index is 0.209. The van der Waals surface area contributed by atoms with Gasteiger partial charge in [0.25, 0.3) is 6.29 Å². The van der Waals surface area contributed by atoms with Crippen molar-refractivity contribution in [3.8, 4) is 0 Å². The molecule has 0 saturated heterocycles.